The van der Waals surface area contributed by atoms with Gasteiger partial charge in [-0.2, -0.15) is 0 Å². The van der Waals surface area contributed by atoms with Gasteiger partial charge in [0.2, 0.25) is 0 Å². The van der Waals surface area contributed by atoms with E-state index in [0.717, 1.165) is 37.2 Å². The molecule has 0 N–H and O–H groups in total. The molecule has 1 aromatic carbocycles. The highest BCUT2D eigenvalue weighted by Gasteiger charge is 1.98. The second-order valence-electron chi connectivity index (χ2n) is 6.87. The summed E-state index contributed by atoms with van der Waals surface area (Å²) >= 11 is 0. The third-order valence-electron chi connectivity index (χ3n) is 4.35. The molecule has 0 saturated carbocycles. The Balaban J connectivity index is 1.71. The summed E-state index contributed by atoms with van der Waals surface area (Å²) in [6.07, 6.45) is 14.9. The van der Waals surface area contributed by atoms with Gasteiger partial charge in [0, 0.05) is 6.21 Å². The highest BCUT2D eigenvalue weighted by molar-refractivity contribution is 5.81. The molecule has 0 amide bonds. The lowest BCUT2D eigenvalue weighted by molar-refractivity contribution is 0.285. The van der Waals surface area contributed by atoms with Crippen LogP contribution in [0.4, 0.5) is 5.69 Å². The van der Waals surface area contributed by atoms with Crippen molar-refractivity contribution in [2.75, 3.05) is 13.2 Å². The van der Waals surface area contributed by atoms with Gasteiger partial charge in [-0.15, -0.1) is 0 Å². The molecule has 28 heavy (non-hydrogen) atoms. The van der Waals surface area contributed by atoms with E-state index in [9.17, 15) is 0 Å². The van der Waals surface area contributed by atoms with Crippen LogP contribution in [0.15, 0.2) is 41.7 Å². The summed E-state index contributed by atoms with van der Waals surface area (Å²) in [6.45, 7) is 5.79. The van der Waals surface area contributed by atoms with Gasteiger partial charge in [0.05, 0.1) is 31.3 Å². The smallest absolute Gasteiger partial charge is 0.316 e. The first-order chi connectivity index (χ1) is 13.8. The van der Waals surface area contributed by atoms with Crippen molar-refractivity contribution in [2.24, 2.45) is 4.99 Å². The first-order valence-electron chi connectivity index (χ1n) is 10.5. The summed E-state index contributed by atoms with van der Waals surface area (Å²) < 4.78 is 11.3. The predicted octanol–water partition coefficient (Wildman–Crippen LogP) is 6.15. The molecule has 0 aliphatic rings. The molecular formula is C23H33N3O2. The molecule has 0 fully saturated rings. The zero-order chi connectivity index (χ0) is 19.9. The minimum Gasteiger partial charge on any atom is -0.494 e. The third kappa shape index (κ3) is 8.98. The van der Waals surface area contributed by atoms with Crippen molar-refractivity contribution >= 4 is 11.9 Å². The maximum Gasteiger partial charge on any atom is 0.316 e. The van der Waals surface area contributed by atoms with Crippen LogP contribution in [-0.4, -0.2) is 29.4 Å². The van der Waals surface area contributed by atoms with E-state index >= 15 is 0 Å². The van der Waals surface area contributed by atoms with E-state index in [-0.39, 0.29) is 0 Å². The van der Waals surface area contributed by atoms with E-state index in [1.165, 1.54) is 32.1 Å². The number of nitrogens with zero attached hydrogens (tertiary/aromatic N) is 3. The molecule has 5 heteroatoms. The third-order valence-corrected chi connectivity index (χ3v) is 4.35. The summed E-state index contributed by atoms with van der Waals surface area (Å²) in [4.78, 5) is 12.8. The molecule has 0 saturated heterocycles. The Hall–Kier alpha value is -2.43. The van der Waals surface area contributed by atoms with Crippen LogP contribution in [-0.2, 0) is 0 Å². The fourth-order valence-corrected chi connectivity index (χ4v) is 2.63. The molecule has 5 nitrogen and oxygen atoms in total. The van der Waals surface area contributed by atoms with Crippen molar-refractivity contribution in [3.63, 3.8) is 0 Å². The van der Waals surface area contributed by atoms with Crippen LogP contribution in [0.25, 0.3) is 0 Å². The second-order valence-corrected chi connectivity index (χ2v) is 6.87. The minimum atomic E-state index is 0.402. The molecule has 0 aliphatic carbocycles. The van der Waals surface area contributed by atoms with E-state index in [0.29, 0.717) is 18.3 Å². The summed E-state index contributed by atoms with van der Waals surface area (Å²) in [7, 11) is 0. The van der Waals surface area contributed by atoms with Gasteiger partial charge in [-0.05, 0) is 42.7 Å². The number of aliphatic imine (C=N–C) groups is 1. The average molecular weight is 384 g/mol. The fourth-order valence-electron chi connectivity index (χ4n) is 2.63. The summed E-state index contributed by atoms with van der Waals surface area (Å²) in [5.74, 6) is 0.905. The Kier molecular flexibility index (Phi) is 10.7. The number of hydrogen-bond acceptors (Lipinski definition) is 5. The van der Waals surface area contributed by atoms with Gasteiger partial charge < -0.3 is 9.47 Å². The molecule has 1 heterocycles. The molecule has 0 spiro atoms. The lowest BCUT2D eigenvalue weighted by Crippen LogP contribution is -1.99. The van der Waals surface area contributed by atoms with Crippen molar-refractivity contribution in [2.45, 2.75) is 65.2 Å². The number of ether oxygens (including phenoxy) is 2. The molecule has 0 bridgehead atoms. The topological polar surface area (TPSA) is 56.6 Å². The van der Waals surface area contributed by atoms with Crippen molar-refractivity contribution in [3.8, 4) is 11.8 Å². The first kappa shape index (κ1) is 21.9. The van der Waals surface area contributed by atoms with Gasteiger partial charge in [0.15, 0.2) is 0 Å². The number of rotatable bonds is 14. The van der Waals surface area contributed by atoms with Gasteiger partial charge in [0.25, 0.3) is 0 Å². The van der Waals surface area contributed by atoms with E-state index < -0.39 is 0 Å². The molecule has 2 rings (SSSR count). The van der Waals surface area contributed by atoms with Crippen molar-refractivity contribution in [3.05, 3.63) is 42.2 Å². The zero-order valence-corrected chi connectivity index (χ0v) is 17.3. The van der Waals surface area contributed by atoms with Crippen LogP contribution in [0.2, 0.25) is 0 Å². The van der Waals surface area contributed by atoms with Gasteiger partial charge in [-0.25, -0.2) is 9.97 Å². The van der Waals surface area contributed by atoms with Crippen molar-refractivity contribution in [1.29, 1.82) is 0 Å². The average Bonchev–Trinajstić information content (AvgIpc) is 2.73. The van der Waals surface area contributed by atoms with Crippen molar-refractivity contribution < 1.29 is 9.47 Å². The molecule has 0 atom stereocenters. The normalized spacial score (nSPS) is 11.1. The quantitative estimate of drug-likeness (QED) is 0.290. The van der Waals surface area contributed by atoms with Gasteiger partial charge in [-0.1, -0.05) is 52.4 Å². The Morgan fingerprint density at radius 3 is 2.14 bits per heavy atom. The molecule has 1 aromatic heterocycles. The Labute approximate surface area is 169 Å². The van der Waals surface area contributed by atoms with Gasteiger partial charge in [-0.3, -0.25) is 4.99 Å². The largest absolute Gasteiger partial charge is 0.494 e. The maximum atomic E-state index is 5.81. The highest BCUT2D eigenvalue weighted by Crippen LogP contribution is 2.15. The van der Waals surface area contributed by atoms with Gasteiger partial charge in [0.1, 0.15) is 5.75 Å². The predicted molar refractivity (Wildman–Crippen MR) is 115 cm³/mol. The minimum absolute atomic E-state index is 0.402. The highest BCUT2D eigenvalue weighted by atomic mass is 16.5. The Bertz CT molecular complexity index is 669. The molecule has 0 aliphatic heterocycles. The molecular weight excluding hydrogens is 350 g/mol. The number of hydrogen-bond donors (Lipinski definition) is 0. The van der Waals surface area contributed by atoms with Crippen LogP contribution in [0.1, 0.15) is 70.8 Å². The summed E-state index contributed by atoms with van der Waals surface area (Å²) in [6, 6.07) is 8.38. The Morgan fingerprint density at radius 2 is 1.43 bits per heavy atom. The fraction of sp³-hybridized carbons (Fsp3) is 0.522. The van der Waals surface area contributed by atoms with E-state index in [1.807, 2.05) is 24.3 Å². The van der Waals surface area contributed by atoms with Gasteiger partial charge >= 0.3 is 6.01 Å². The molecule has 0 radical (unpaired) electrons. The van der Waals surface area contributed by atoms with E-state index in [4.69, 9.17) is 9.47 Å². The molecule has 152 valence electrons. The van der Waals surface area contributed by atoms with Crippen molar-refractivity contribution in [1.82, 2.24) is 9.97 Å². The van der Waals surface area contributed by atoms with E-state index in [1.54, 1.807) is 18.6 Å². The van der Waals surface area contributed by atoms with E-state index in [2.05, 4.69) is 28.8 Å². The Morgan fingerprint density at radius 1 is 0.786 bits per heavy atom. The lowest BCUT2D eigenvalue weighted by atomic mass is 10.1. The summed E-state index contributed by atoms with van der Waals surface area (Å²) in [5.41, 5.74) is 1.71. The first-order valence-corrected chi connectivity index (χ1v) is 10.5. The number of unbranched alkanes of at least 4 members (excludes halogenated alkanes) is 6. The molecule has 0 unspecified atom stereocenters. The maximum absolute atomic E-state index is 5.81. The van der Waals surface area contributed by atoms with Crippen LogP contribution < -0.4 is 9.47 Å². The van der Waals surface area contributed by atoms with Crippen LogP contribution in [0.5, 0.6) is 11.8 Å². The SMILES string of the molecule is CCCCCCCCOc1ccc(C=Nc2cnc(OCCCC)nc2)cc1. The van der Waals surface area contributed by atoms with Crippen LogP contribution in [0.3, 0.4) is 0 Å². The van der Waals surface area contributed by atoms with Crippen LogP contribution in [0, 0.1) is 0 Å². The number of benzene rings is 1. The zero-order valence-electron chi connectivity index (χ0n) is 17.3. The molecule has 2 aromatic rings. The monoisotopic (exact) mass is 383 g/mol. The lowest BCUT2D eigenvalue weighted by Gasteiger charge is -2.06. The van der Waals surface area contributed by atoms with Crippen LogP contribution >= 0.6 is 0 Å². The second kappa shape index (κ2) is 13.7. The number of aromatic nitrogens is 2. The standard InChI is InChI=1S/C23H33N3O2/c1-3-5-7-8-9-10-16-27-22-13-11-20(12-14-22)17-24-21-18-25-23(26-19-21)28-15-6-4-2/h11-14,17-19H,3-10,15-16H2,1-2H3. The summed E-state index contributed by atoms with van der Waals surface area (Å²) in [5, 5.41) is 0.